The summed E-state index contributed by atoms with van der Waals surface area (Å²) in [6.45, 7) is 7.71. The second-order valence-electron chi connectivity index (χ2n) is 3.64. The van der Waals surface area contributed by atoms with E-state index >= 15 is 0 Å². The molecule has 0 unspecified atom stereocenters. The molecular weight excluding hydrogens is 334 g/mol. The summed E-state index contributed by atoms with van der Waals surface area (Å²) < 4.78 is 0. The first-order chi connectivity index (χ1) is 7.46. The van der Waals surface area contributed by atoms with Gasteiger partial charge in [0.2, 0.25) is 0 Å². The van der Waals surface area contributed by atoms with E-state index in [1.165, 1.54) is 0 Å². The molecule has 0 N–H and O–H groups in total. The molecule has 19 heavy (non-hydrogen) atoms. The molecule has 0 rings (SSSR count). The molecule has 116 valence electrons. The van der Waals surface area contributed by atoms with Crippen molar-refractivity contribution in [1.82, 2.24) is 0 Å². The van der Waals surface area contributed by atoms with Crippen molar-refractivity contribution < 1.29 is 61.3 Å². The molecule has 0 aromatic carbocycles. The van der Waals surface area contributed by atoms with Gasteiger partial charge in [-0.15, -0.1) is 12.2 Å². The number of rotatable bonds is 0. The second-order valence-corrected chi connectivity index (χ2v) is 6.73. The van der Waals surface area contributed by atoms with Crippen molar-refractivity contribution in [2.45, 2.75) is 39.9 Å². The Morgan fingerprint density at radius 2 is 0.579 bits per heavy atom. The fraction of sp³-hybridized carbons (Fsp3) is 1.00. The first-order valence-corrected chi connectivity index (χ1v) is 8.75. The van der Waals surface area contributed by atoms with Crippen LogP contribution in [0.4, 0.5) is 0 Å². The first-order valence-electron chi connectivity index (χ1n) is 4.77. The van der Waals surface area contributed by atoms with Crippen LogP contribution in [0.15, 0.2) is 0 Å². The molecule has 0 bridgehead atoms. The van der Waals surface area contributed by atoms with E-state index in [-0.39, 0.29) is 21.7 Å². The quantitative estimate of drug-likeness (QED) is 0.304. The molecular formula is C8H20O8P2Ti-2. The summed E-state index contributed by atoms with van der Waals surface area (Å²) in [4.78, 5) is 54.6. The van der Waals surface area contributed by atoms with Gasteiger partial charge in [-0.05, 0) is 0 Å². The van der Waals surface area contributed by atoms with Crippen LogP contribution < -0.4 is 39.6 Å². The van der Waals surface area contributed by atoms with Crippen molar-refractivity contribution in [1.29, 1.82) is 0 Å². The topological polar surface area (TPSA) is 184 Å². The molecule has 0 aromatic rings. The van der Waals surface area contributed by atoms with E-state index in [0.717, 1.165) is 0 Å². The van der Waals surface area contributed by atoms with Gasteiger partial charge in [0.05, 0.1) is 0 Å². The van der Waals surface area contributed by atoms with Crippen LogP contribution in [0.5, 0.6) is 0 Å². The molecule has 0 saturated heterocycles. The van der Waals surface area contributed by atoms with E-state index < -0.39 is 28.1 Å². The standard InChI is InChI=1S/2C3H7O.2CH5O3P.Ti/c2*1-3(2)4;2*1-5(2,3)4;/h2*3H,1-2H3;2*1H3,(H2,2,3,4);/q2*-1;;;+4/p-4. The van der Waals surface area contributed by atoms with Crippen molar-refractivity contribution in [3.05, 3.63) is 0 Å². The van der Waals surface area contributed by atoms with E-state index in [4.69, 9.17) is 29.4 Å². The Kier molecular flexibility index (Phi) is 29.4. The van der Waals surface area contributed by atoms with Gasteiger partial charge in [0.25, 0.3) is 0 Å². The molecule has 0 amide bonds. The smallest absolute Gasteiger partial charge is 0.852 e. The molecule has 0 atom stereocenters. The van der Waals surface area contributed by atoms with E-state index in [1.807, 2.05) is 0 Å². The van der Waals surface area contributed by atoms with Gasteiger partial charge in [0, 0.05) is 13.3 Å². The van der Waals surface area contributed by atoms with Crippen LogP contribution in [0, 0.1) is 0 Å². The molecule has 0 aromatic heterocycles. The van der Waals surface area contributed by atoms with Crippen LogP contribution >= 0.6 is 15.9 Å². The summed E-state index contributed by atoms with van der Waals surface area (Å²) in [6.07, 6.45) is -0.833. The summed E-state index contributed by atoms with van der Waals surface area (Å²) >= 11 is 0. The molecule has 0 heterocycles. The Bertz CT molecular complexity index is 122. The van der Waals surface area contributed by atoms with Crippen molar-refractivity contribution >= 4 is 15.9 Å². The van der Waals surface area contributed by atoms with Crippen LogP contribution in [0.1, 0.15) is 27.7 Å². The minimum absolute atomic E-state index is 0. The van der Waals surface area contributed by atoms with Crippen LogP contribution in [-0.2, 0) is 21.7 Å². The maximum absolute atomic E-state index is 9.53. The van der Waals surface area contributed by atoms with Gasteiger partial charge < -0.3 is 39.6 Å². The first kappa shape index (κ1) is 32.3. The Labute approximate surface area is 130 Å². The van der Waals surface area contributed by atoms with E-state index in [2.05, 4.69) is 0 Å². The van der Waals surface area contributed by atoms with Gasteiger partial charge in [-0.25, -0.2) is 0 Å². The average molecular weight is 354 g/mol. The van der Waals surface area contributed by atoms with Crippen LogP contribution in [0.2, 0.25) is 0 Å². The van der Waals surface area contributed by atoms with Gasteiger partial charge in [0.1, 0.15) is 0 Å². The van der Waals surface area contributed by atoms with Crippen LogP contribution in [0.3, 0.4) is 0 Å². The average Bonchev–Trinajstić information content (AvgIpc) is 1.70. The molecule has 0 aliphatic carbocycles. The van der Waals surface area contributed by atoms with E-state index in [0.29, 0.717) is 13.3 Å². The number of hydrogen-bond donors (Lipinski definition) is 0. The molecule has 0 fully saturated rings. The third-order valence-corrected chi connectivity index (χ3v) is 0. The zero-order chi connectivity index (χ0) is 16.2. The summed E-state index contributed by atoms with van der Waals surface area (Å²) in [5.41, 5.74) is 0. The number of hydrogen-bond acceptors (Lipinski definition) is 8. The monoisotopic (exact) mass is 354 g/mol. The SMILES string of the molecule is CC(C)[O-].CC(C)[O-].C[P+]([O-])([O-])[O-].C[P+]([O-])([O-])[O-].[Ti+4]. The molecule has 0 aliphatic heterocycles. The largest absolute Gasteiger partial charge is 4.00 e. The zero-order valence-corrected chi connectivity index (χ0v) is 15.2. The summed E-state index contributed by atoms with van der Waals surface area (Å²) in [5.74, 6) is 0. The Morgan fingerprint density at radius 1 is 0.579 bits per heavy atom. The maximum Gasteiger partial charge on any atom is 4.00 e. The van der Waals surface area contributed by atoms with Gasteiger partial charge in [-0.1, -0.05) is 27.7 Å². The summed E-state index contributed by atoms with van der Waals surface area (Å²) in [6, 6.07) is 0. The third kappa shape index (κ3) is 3640. The van der Waals surface area contributed by atoms with Crippen LogP contribution in [0.25, 0.3) is 0 Å². The summed E-state index contributed by atoms with van der Waals surface area (Å²) in [5, 5.41) is 19.1. The van der Waals surface area contributed by atoms with Crippen molar-refractivity contribution in [3.8, 4) is 0 Å². The fourth-order valence-corrected chi connectivity index (χ4v) is 0. The molecule has 0 saturated carbocycles. The van der Waals surface area contributed by atoms with Gasteiger partial charge in [-0.2, -0.15) is 15.9 Å². The normalized spacial score (nSPS) is 10.1. The predicted molar refractivity (Wildman–Crippen MR) is 56.0 cm³/mol. The van der Waals surface area contributed by atoms with Crippen molar-refractivity contribution in [3.63, 3.8) is 0 Å². The van der Waals surface area contributed by atoms with Gasteiger partial charge in [-0.3, -0.25) is 0 Å². The Hall–Kier alpha value is 1.25. The second kappa shape index (κ2) is 17.3. The van der Waals surface area contributed by atoms with E-state index in [9.17, 15) is 10.2 Å². The fourth-order valence-electron chi connectivity index (χ4n) is 0. The molecule has 0 aliphatic rings. The summed E-state index contributed by atoms with van der Waals surface area (Å²) in [7, 11) is -8.28. The van der Waals surface area contributed by atoms with Crippen molar-refractivity contribution in [2.75, 3.05) is 13.3 Å². The van der Waals surface area contributed by atoms with Crippen molar-refractivity contribution in [2.24, 2.45) is 0 Å². The molecule has 0 spiro atoms. The Balaban J connectivity index is -0.0000000453. The molecule has 11 heteroatoms. The van der Waals surface area contributed by atoms with E-state index in [1.54, 1.807) is 27.7 Å². The predicted octanol–water partition coefficient (Wildman–Crippen LogP) is -5.57. The van der Waals surface area contributed by atoms with Gasteiger partial charge >= 0.3 is 21.7 Å². The zero-order valence-electron chi connectivity index (χ0n) is 11.8. The third-order valence-electron chi connectivity index (χ3n) is 0. The molecule has 0 radical (unpaired) electrons. The Morgan fingerprint density at radius 3 is 0.579 bits per heavy atom. The minimum atomic E-state index is -4.14. The molecule has 8 nitrogen and oxygen atoms in total. The van der Waals surface area contributed by atoms with Gasteiger partial charge in [0.15, 0.2) is 0 Å². The van der Waals surface area contributed by atoms with Crippen LogP contribution in [-0.4, -0.2) is 25.5 Å². The minimum Gasteiger partial charge on any atom is -0.852 e. The maximum atomic E-state index is 9.53.